The van der Waals surface area contributed by atoms with E-state index in [0.717, 1.165) is 42.7 Å². The third-order valence-electron chi connectivity index (χ3n) is 11.1. The minimum atomic E-state index is -0.469. The topological polar surface area (TPSA) is 87.1 Å². The fraction of sp³-hybridized carbons (Fsp3) is 0.405. The second-order valence-corrected chi connectivity index (χ2v) is 13.5. The lowest BCUT2D eigenvalue weighted by Crippen LogP contribution is -2.49. The molecule has 3 aromatic carbocycles. The number of aryl methyl sites for hydroxylation is 1. The number of rotatable bonds is 6. The predicted molar refractivity (Wildman–Crippen MR) is 176 cm³/mol. The monoisotopic (exact) mass is 618 g/mol. The number of nitrogens with zero attached hydrogens (tertiary/aromatic N) is 5. The lowest BCUT2D eigenvalue weighted by molar-refractivity contribution is 0.0600. The molecule has 1 amide bonds. The van der Waals surface area contributed by atoms with Gasteiger partial charge in [0.2, 0.25) is 0 Å². The van der Waals surface area contributed by atoms with E-state index in [1.165, 1.54) is 24.4 Å². The number of para-hydroxylation sites is 4. The highest BCUT2D eigenvalue weighted by atomic mass is 19.1. The Kier molecular flexibility index (Phi) is 7.24. The molecule has 0 spiro atoms. The van der Waals surface area contributed by atoms with E-state index < -0.39 is 5.56 Å². The first-order valence-electron chi connectivity index (χ1n) is 16.6. The fourth-order valence-corrected chi connectivity index (χ4v) is 8.75. The van der Waals surface area contributed by atoms with Crippen molar-refractivity contribution >= 4 is 28.0 Å². The number of aromatic nitrogens is 4. The van der Waals surface area contributed by atoms with Gasteiger partial charge in [-0.1, -0.05) is 36.4 Å². The zero-order valence-corrected chi connectivity index (χ0v) is 26.2. The van der Waals surface area contributed by atoms with Crippen molar-refractivity contribution in [2.24, 2.45) is 0 Å². The van der Waals surface area contributed by atoms with E-state index in [-0.39, 0.29) is 22.8 Å². The molecule has 8 nitrogen and oxygen atoms in total. The zero-order chi connectivity index (χ0) is 31.4. The first kappa shape index (κ1) is 29.1. The lowest BCUT2D eigenvalue weighted by atomic mass is 9.70. The molecular weight excluding hydrogens is 579 g/mol. The summed E-state index contributed by atoms with van der Waals surface area (Å²) in [5.41, 5.74) is 3.70. The van der Waals surface area contributed by atoms with Crippen LogP contribution in [0.3, 0.4) is 0 Å². The molecular formula is C37H39FN6O2. The summed E-state index contributed by atoms with van der Waals surface area (Å²) in [6, 6.07) is 24.2. The van der Waals surface area contributed by atoms with Crippen LogP contribution in [0.5, 0.6) is 0 Å². The van der Waals surface area contributed by atoms with Crippen molar-refractivity contribution in [3.8, 4) is 0 Å². The Morgan fingerprint density at radius 2 is 1.63 bits per heavy atom. The minimum absolute atomic E-state index is 0.0719. The van der Waals surface area contributed by atoms with Gasteiger partial charge in [0, 0.05) is 31.2 Å². The Labute approximate surface area is 267 Å². The number of carbonyl (C=O) groups excluding carboxylic acids is 1. The normalized spacial score (nSPS) is 22.9. The number of likely N-dealkylation sites (tertiary alicyclic amines) is 1. The number of imidazole rings is 1. The maximum absolute atomic E-state index is 14.6. The number of amides is 1. The molecule has 3 atom stereocenters. The average molecular weight is 619 g/mol. The van der Waals surface area contributed by atoms with E-state index >= 15 is 0 Å². The highest BCUT2D eigenvalue weighted by molar-refractivity contribution is 5.93. The van der Waals surface area contributed by atoms with Crippen LogP contribution in [-0.4, -0.2) is 66.9 Å². The van der Waals surface area contributed by atoms with Gasteiger partial charge in [-0.3, -0.25) is 14.5 Å². The van der Waals surface area contributed by atoms with Crippen LogP contribution in [0.15, 0.2) is 77.6 Å². The van der Waals surface area contributed by atoms with E-state index in [2.05, 4.69) is 50.6 Å². The lowest BCUT2D eigenvalue weighted by Gasteiger charge is -2.45. The number of carbonyl (C=O) groups is 1. The van der Waals surface area contributed by atoms with Crippen LogP contribution < -0.4 is 5.56 Å². The fourth-order valence-electron chi connectivity index (χ4n) is 8.75. The molecule has 8 rings (SSSR count). The van der Waals surface area contributed by atoms with Gasteiger partial charge in [0.05, 0.1) is 22.1 Å². The Morgan fingerprint density at radius 1 is 0.913 bits per heavy atom. The maximum atomic E-state index is 14.6. The number of hydrogen-bond acceptors (Lipinski definition) is 5. The number of fused-ring (bicyclic) bond motifs is 4. The summed E-state index contributed by atoms with van der Waals surface area (Å²) in [6.07, 6.45) is 6.95. The van der Waals surface area contributed by atoms with Crippen molar-refractivity contribution in [3.63, 3.8) is 0 Å². The summed E-state index contributed by atoms with van der Waals surface area (Å²) in [4.78, 5) is 42.9. The molecule has 0 saturated carbocycles. The highest BCUT2D eigenvalue weighted by Gasteiger charge is 2.44. The van der Waals surface area contributed by atoms with Gasteiger partial charge in [-0.15, -0.1) is 0 Å². The number of piperidine rings is 2. The van der Waals surface area contributed by atoms with Crippen LogP contribution in [0, 0.1) is 12.7 Å². The summed E-state index contributed by atoms with van der Waals surface area (Å²) in [5.74, 6) is 0.514. The van der Waals surface area contributed by atoms with Gasteiger partial charge in [-0.25, -0.2) is 14.4 Å². The second kappa shape index (κ2) is 11.5. The molecule has 2 aromatic heterocycles. The third kappa shape index (κ3) is 5.01. The van der Waals surface area contributed by atoms with Crippen molar-refractivity contribution < 1.29 is 9.18 Å². The van der Waals surface area contributed by atoms with Crippen molar-refractivity contribution in [3.05, 3.63) is 106 Å². The number of halogens is 1. The quantitative estimate of drug-likeness (QED) is 0.247. The summed E-state index contributed by atoms with van der Waals surface area (Å²) in [7, 11) is 0. The van der Waals surface area contributed by atoms with Crippen LogP contribution in [0.1, 0.15) is 72.9 Å². The van der Waals surface area contributed by atoms with E-state index in [1.807, 2.05) is 18.2 Å². The van der Waals surface area contributed by atoms with Crippen molar-refractivity contribution in [2.75, 3.05) is 19.6 Å². The maximum Gasteiger partial charge on any atom is 0.280 e. The Morgan fingerprint density at radius 3 is 2.39 bits per heavy atom. The Bertz CT molecular complexity index is 1980. The molecule has 2 bridgehead atoms. The molecule has 0 radical (unpaired) electrons. The third-order valence-corrected chi connectivity index (χ3v) is 11.1. The summed E-state index contributed by atoms with van der Waals surface area (Å²) in [5, 5.41) is 0. The number of nitrogens with one attached hydrogen (secondary N) is 1. The largest absolute Gasteiger partial charge is 0.337 e. The van der Waals surface area contributed by atoms with Crippen molar-refractivity contribution in [2.45, 2.75) is 75.4 Å². The molecule has 3 saturated heterocycles. The van der Waals surface area contributed by atoms with Gasteiger partial charge in [-0.05, 0) is 106 Å². The molecule has 5 aromatic rings. The van der Waals surface area contributed by atoms with Gasteiger partial charge in [0.25, 0.3) is 11.5 Å². The van der Waals surface area contributed by atoms with E-state index in [0.29, 0.717) is 55.1 Å². The average Bonchev–Trinajstić information content (AvgIpc) is 3.53. The number of hydrogen-bond donors (Lipinski definition) is 1. The van der Waals surface area contributed by atoms with Gasteiger partial charge in [-0.2, -0.15) is 0 Å². The van der Waals surface area contributed by atoms with Crippen molar-refractivity contribution in [1.82, 2.24) is 29.3 Å². The van der Waals surface area contributed by atoms with Crippen molar-refractivity contribution in [1.29, 1.82) is 0 Å². The van der Waals surface area contributed by atoms with E-state index in [4.69, 9.17) is 4.98 Å². The highest BCUT2D eigenvalue weighted by Crippen LogP contribution is 2.45. The molecule has 3 fully saturated rings. The summed E-state index contributed by atoms with van der Waals surface area (Å²) >= 11 is 0. The number of benzene rings is 3. The first-order valence-corrected chi connectivity index (χ1v) is 16.6. The Balaban J connectivity index is 1.00. The first-order chi connectivity index (χ1) is 22.4. The summed E-state index contributed by atoms with van der Waals surface area (Å²) < 4.78 is 17.1. The molecule has 1 unspecified atom stereocenters. The van der Waals surface area contributed by atoms with Crippen LogP contribution in [0.25, 0.3) is 22.1 Å². The van der Waals surface area contributed by atoms with Crippen LogP contribution in [-0.2, 0) is 5.41 Å². The smallest absolute Gasteiger partial charge is 0.280 e. The molecule has 1 N–H and O–H groups in total. The van der Waals surface area contributed by atoms with Crippen LogP contribution in [0.4, 0.5) is 4.39 Å². The molecule has 0 aliphatic carbocycles. The van der Waals surface area contributed by atoms with Gasteiger partial charge < -0.3 is 14.5 Å². The zero-order valence-electron chi connectivity index (χ0n) is 26.2. The molecule has 9 heteroatoms. The molecule has 3 aliphatic heterocycles. The summed E-state index contributed by atoms with van der Waals surface area (Å²) in [6.45, 7) is 4.05. The van der Waals surface area contributed by atoms with Gasteiger partial charge >= 0.3 is 0 Å². The predicted octanol–water partition coefficient (Wildman–Crippen LogP) is 6.15. The van der Waals surface area contributed by atoms with E-state index in [1.54, 1.807) is 29.2 Å². The number of H-pyrrole nitrogens is 1. The SMILES string of the molecule is Cc1nc2ccccc2n1C1C[C@H]2CC[C@@H](C1)N2CCC1(c2cccc(F)c2)CCN(C(=O)c2nc3ccccc3[nH]c2=O)CC1. The number of aromatic amines is 1. The minimum Gasteiger partial charge on any atom is -0.337 e. The van der Waals surface area contributed by atoms with Gasteiger partial charge in [0.1, 0.15) is 11.6 Å². The molecule has 3 aliphatic rings. The second-order valence-electron chi connectivity index (χ2n) is 13.5. The van der Waals surface area contributed by atoms with Gasteiger partial charge in [0.15, 0.2) is 5.69 Å². The molecule has 5 heterocycles. The van der Waals surface area contributed by atoms with Crippen LogP contribution in [0.2, 0.25) is 0 Å². The van der Waals surface area contributed by atoms with E-state index in [9.17, 15) is 14.0 Å². The van der Waals surface area contributed by atoms with Crippen LogP contribution >= 0.6 is 0 Å². The standard InChI is InChI=1S/C37H39FN6O2/c1-24-39-32-11-4-5-12-33(32)44(24)29-22-27-13-14-28(23-29)43(27)20-17-37(25-7-6-8-26(38)21-25)15-18-42(19-16-37)36(46)34-35(45)41-31-10-3-2-9-30(31)40-34/h2-12,21,27-29H,13-20,22-23H2,1H3,(H,41,45)/t27-,28+,29?. The molecule has 46 heavy (non-hydrogen) atoms. The molecule has 236 valence electrons. The Hall–Kier alpha value is -4.37.